The number of carbonyl (C=O) groups excluding carboxylic acids is 2. The average molecular weight is 290 g/mol. The van der Waals surface area contributed by atoms with Crippen LogP contribution in [0.1, 0.15) is 27.6 Å². The Bertz CT molecular complexity index is 865. The third-order valence-electron chi connectivity index (χ3n) is 3.45. The van der Waals surface area contributed by atoms with E-state index < -0.39 is 5.97 Å². The van der Waals surface area contributed by atoms with E-state index in [4.69, 9.17) is 4.74 Å². The second-order valence-corrected chi connectivity index (χ2v) is 5.00. The molecule has 0 saturated heterocycles. The zero-order chi connectivity index (χ0) is 15.5. The van der Waals surface area contributed by atoms with Crippen LogP contribution < -0.4 is 4.74 Å². The highest BCUT2D eigenvalue weighted by Crippen LogP contribution is 2.21. The van der Waals surface area contributed by atoms with Crippen LogP contribution >= 0.6 is 0 Å². The lowest BCUT2D eigenvalue weighted by atomic mass is 10.1. The van der Waals surface area contributed by atoms with E-state index in [1.165, 1.54) is 6.92 Å². The van der Waals surface area contributed by atoms with Crippen molar-refractivity contribution in [3.05, 3.63) is 77.9 Å². The smallest absolute Gasteiger partial charge is 0.343 e. The molecule has 0 aliphatic heterocycles. The topological polar surface area (TPSA) is 43.4 Å². The monoisotopic (exact) mass is 290 g/mol. The lowest BCUT2D eigenvalue weighted by Gasteiger charge is -2.08. The molecule has 0 bridgehead atoms. The predicted molar refractivity (Wildman–Crippen MR) is 85.4 cm³/mol. The second kappa shape index (κ2) is 5.82. The molecular weight excluding hydrogens is 276 g/mol. The van der Waals surface area contributed by atoms with Gasteiger partial charge in [-0.3, -0.25) is 4.79 Å². The van der Waals surface area contributed by atoms with Crippen molar-refractivity contribution >= 4 is 22.5 Å². The lowest BCUT2D eigenvalue weighted by molar-refractivity contribution is 0.0733. The Morgan fingerprint density at radius 2 is 1.50 bits per heavy atom. The van der Waals surface area contributed by atoms with Crippen LogP contribution in [0.3, 0.4) is 0 Å². The van der Waals surface area contributed by atoms with Crippen molar-refractivity contribution in [2.45, 2.75) is 6.92 Å². The zero-order valence-electron chi connectivity index (χ0n) is 12.1. The van der Waals surface area contributed by atoms with E-state index in [0.717, 1.165) is 10.8 Å². The molecule has 3 nitrogen and oxygen atoms in total. The van der Waals surface area contributed by atoms with Crippen molar-refractivity contribution < 1.29 is 14.3 Å². The van der Waals surface area contributed by atoms with Gasteiger partial charge in [-0.05, 0) is 42.0 Å². The standard InChI is InChI=1S/C19H14O3/c1-13(20)17-8-4-5-9-18(17)22-19(21)16-11-10-14-6-2-3-7-15(14)12-16/h2-12H,1H3. The van der Waals surface area contributed by atoms with Crippen molar-refractivity contribution in [1.29, 1.82) is 0 Å². The zero-order valence-corrected chi connectivity index (χ0v) is 12.1. The largest absolute Gasteiger partial charge is 0.422 e. The number of hydrogen-bond donors (Lipinski definition) is 0. The number of carbonyl (C=O) groups is 2. The van der Waals surface area contributed by atoms with Gasteiger partial charge >= 0.3 is 5.97 Å². The van der Waals surface area contributed by atoms with Gasteiger partial charge in [-0.1, -0.05) is 42.5 Å². The summed E-state index contributed by atoms with van der Waals surface area (Å²) in [5.41, 5.74) is 0.855. The SMILES string of the molecule is CC(=O)c1ccccc1OC(=O)c1ccc2ccccc2c1. The second-order valence-electron chi connectivity index (χ2n) is 5.00. The highest BCUT2D eigenvalue weighted by Gasteiger charge is 2.13. The van der Waals surface area contributed by atoms with Gasteiger partial charge in [-0.25, -0.2) is 4.79 Å². The summed E-state index contributed by atoms with van der Waals surface area (Å²) in [5, 5.41) is 2.03. The van der Waals surface area contributed by atoms with E-state index >= 15 is 0 Å². The first-order chi connectivity index (χ1) is 10.6. The summed E-state index contributed by atoms with van der Waals surface area (Å²) < 4.78 is 5.38. The fourth-order valence-electron chi connectivity index (χ4n) is 2.32. The number of ketones is 1. The van der Waals surface area contributed by atoms with E-state index in [2.05, 4.69) is 0 Å². The number of fused-ring (bicyclic) bond motifs is 1. The van der Waals surface area contributed by atoms with Crippen LogP contribution in [0.15, 0.2) is 66.7 Å². The molecule has 0 spiro atoms. The highest BCUT2D eigenvalue weighted by atomic mass is 16.5. The van der Waals surface area contributed by atoms with E-state index in [1.54, 1.807) is 36.4 Å². The van der Waals surface area contributed by atoms with E-state index in [9.17, 15) is 9.59 Å². The maximum Gasteiger partial charge on any atom is 0.343 e. The van der Waals surface area contributed by atoms with Crippen LogP contribution in [0.5, 0.6) is 5.75 Å². The molecule has 3 aromatic rings. The maximum atomic E-state index is 12.3. The van der Waals surface area contributed by atoms with Gasteiger partial charge in [0.2, 0.25) is 0 Å². The molecule has 3 aromatic carbocycles. The number of rotatable bonds is 3. The van der Waals surface area contributed by atoms with Crippen molar-refractivity contribution in [3.63, 3.8) is 0 Å². The van der Waals surface area contributed by atoms with Gasteiger partial charge in [0.25, 0.3) is 0 Å². The minimum Gasteiger partial charge on any atom is -0.422 e. The number of Topliss-reactive ketones (excluding diaryl/α,β-unsaturated/α-hetero) is 1. The molecule has 3 heteroatoms. The average Bonchev–Trinajstić information content (AvgIpc) is 2.54. The number of para-hydroxylation sites is 1. The van der Waals surface area contributed by atoms with Gasteiger partial charge in [0.15, 0.2) is 5.78 Å². The number of hydrogen-bond acceptors (Lipinski definition) is 3. The molecule has 0 saturated carbocycles. The van der Waals surface area contributed by atoms with Crippen LogP contribution in [0.25, 0.3) is 10.8 Å². The van der Waals surface area contributed by atoms with Crippen molar-refractivity contribution in [2.75, 3.05) is 0 Å². The Morgan fingerprint density at radius 3 is 2.27 bits per heavy atom. The quantitative estimate of drug-likeness (QED) is 0.411. The molecule has 0 aliphatic rings. The molecule has 0 aliphatic carbocycles. The third kappa shape index (κ3) is 2.74. The molecule has 0 aromatic heterocycles. The van der Waals surface area contributed by atoms with Crippen LogP contribution in [-0.4, -0.2) is 11.8 Å². The first-order valence-electron chi connectivity index (χ1n) is 6.96. The Hall–Kier alpha value is -2.94. The van der Waals surface area contributed by atoms with Gasteiger partial charge in [0.05, 0.1) is 11.1 Å². The molecule has 0 radical (unpaired) electrons. The molecule has 22 heavy (non-hydrogen) atoms. The Labute approximate surface area is 128 Å². The minimum atomic E-state index is -0.473. The molecule has 0 heterocycles. The summed E-state index contributed by atoms with van der Waals surface area (Å²) in [5.74, 6) is -0.325. The summed E-state index contributed by atoms with van der Waals surface area (Å²) in [7, 11) is 0. The fourth-order valence-corrected chi connectivity index (χ4v) is 2.32. The van der Waals surface area contributed by atoms with Gasteiger partial charge < -0.3 is 4.74 Å². The van der Waals surface area contributed by atoms with Gasteiger partial charge in [-0.15, -0.1) is 0 Å². The first kappa shape index (κ1) is 14.0. The van der Waals surface area contributed by atoms with Crippen LogP contribution in [0.4, 0.5) is 0 Å². The van der Waals surface area contributed by atoms with Gasteiger partial charge in [0.1, 0.15) is 5.75 Å². The molecule has 0 N–H and O–H groups in total. The van der Waals surface area contributed by atoms with E-state index in [0.29, 0.717) is 11.1 Å². The van der Waals surface area contributed by atoms with Gasteiger partial charge in [-0.2, -0.15) is 0 Å². The summed E-state index contributed by atoms with van der Waals surface area (Å²) in [6.07, 6.45) is 0. The first-order valence-corrected chi connectivity index (χ1v) is 6.96. The Balaban J connectivity index is 1.92. The van der Waals surface area contributed by atoms with Crippen molar-refractivity contribution in [3.8, 4) is 5.75 Å². The lowest BCUT2D eigenvalue weighted by Crippen LogP contribution is -2.10. The number of ether oxygens (including phenoxy) is 1. The van der Waals surface area contributed by atoms with Crippen molar-refractivity contribution in [2.24, 2.45) is 0 Å². The summed E-state index contributed by atoms with van der Waals surface area (Å²) in [6.45, 7) is 1.45. The highest BCUT2D eigenvalue weighted by molar-refractivity contribution is 6.00. The summed E-state index contributed by atoms with van der Waals surface area (Å²) in [4.78, 5) is 23.9. The molecule has 0 unspecified atom stereocenters. The predicted octanol–water partition coefficient (Wildman–Crippen LogP) is 4.26. The molecule has 0 fully saturated rings. The van der Waals surface area contributed by atoms with Crippen molar-refractivity contribution in [1.82, 2.24) is 0 Å². The van der Waals surface area contributed by atoms with E-state index in [-0.39, 0.29) is 11.5 Å². The normalized spacial score (nSPS) is 10.4. The van der Waals surface area contributed by atoms with Crippen LogP contribution in [-0.2, 0) is 0 Å². The number of esters is 1. The minimum absolute atomic E-state index is 0.137. The number of benzene rings is 3. The van der Waals surface area contributed by atoms with Gasteiger partial charge in [0, 0.05) is 0 Å². The maximum absolute atomic E-state index is 12.3. The molecule has 108 valence electrons. The van der Waals surface area contributed by atoms with Crippen LogP contribution in [0.2, 0.25) is 0 Å². The fraction of sp³-hybridized carbons (Fsp3) is 0.0526. The Morgan fingerprint density at radius 1 is 0.818 bits per heavy atom. The third-order valence-corrected chi connectivity index (χ3v) is 3.45. The molecule has 0 amide bonds. The molecular formula is C19H14O3. The molecule has 0 atom stereocenters. The van der Waals surface area contributed by atoms with Crippen LogP contribution in [0, 0.1) is 0 Å². The molecule has 3 rings (SSSR count). The summed E-state index contributed by atoms with van der Waals surface area (Å²) in [6, 6.07) is 19.9. The van der Waals surface area contributed by atoms with E-state index in [1.807, 2.05) is 30.3 Å². The Kier molecular flexibility index (Phi) is 3.71. The summed E-state index contributed by atoms with van der Waals surface area (Å²) >= 11 is 0.